The van der Waals surface area contributed by atoms with Crippen LogP contribution in [0.3, 0.4) is 0 Å². The molecule has 1 fully saturated rings. The number of hydrogen-bond donors (Lipinski definition) is 0. The second-order valence-electron chi connectivity index (χ2n) is 3.10. The highest BCUT2D eigenvalue weighted by molar-refractivity contribution is 5.20. The third kappa shape index (κ3) is 1.87. The van der Waals surface area contributed by atoms with Crippen LogP contribution in [0.2, 0.25) is 0 Å². The van der Waals surface area contributed by atoms with Crippen molar-refractivity contribution in [3.63, 3.8) is 0 Å². The van der Waals surface area contributed by atoms with Gasteiger partial charge in [0.2, 0.25) is 0 Å². The quantitative estimate of drug-likeness (QED) is 0.352. The zero-order valence-corrected chi connectivity index (χ0v) is 6.45. The van der Waals surface area contributed by atoms with Gasteiger partial charge in [0.1, 0.15) is 0 Å². The number of rotatable bonds is 0. The van der Waals surface area contributed by atoms with Gasteiger partial charge in [0.05, 0.1) is 0 Å². The standard InChI is InChI=1S/C10H14/c1-8-4-5-9(2)7-10(3)6-8/h1-7H2. The Kier molecular flexibility index (Phi) is 2.10. The van der Waals surface area contributed by atoms with Crippen molar-refractivity contribution in [3.05, 3.63) is 36.5 Å². The van der Waals surface area contributed by atoms with Crippen molar-refractivity contribution < 1.29 is 0 Å². The first kappa shape index (κ1) is 7.33. The van der Waals surface area contributed by atoms with Crippen molar-refractivity contribution in [2.24, 2.45) is 0 Å². The second-order valence-corrected chi connectivity index (χ2v) is 3.10. The van der Waals surface area contributed by atoms with Gasteiger partial charge in [-0.15, -0.1) is 0 Å². The van der Waals surface area contributed by atoms with Crippen LogP contribution >= 0.6 is 0 Å². The van der Waals surface area contributed by atoms with Gasteiger partial charge in [0, 0.05) is 0 Å². The second kappa shape index (κ2) is 2.87. The van der Waals surface area contributed by atoms with E-state index < -0.39 is 0 Å². The largest absolute Gasteiger partial charge is 0.0995 e. The Balaban J connectivity index is 2.63. The van der Waals surface area contributed by atoms with E-state index in [9.17, 15) is 0 Å². The Morgan fingerprint density at radius 3 is 1.50 bits per heavy atom. The predicted molar refractivity (Wildman–Crippen MR) is 45.9 cm³/mol. The Bertz CT molecular complexity index is 164. The molecule has 0 nitrogen and oxygen atoms in total. The van der Waals surface area contributed by atoms with Gasteiger partial charge >= 0.3 is 0 Å². The molecule has 0 radical (unpaired) electrons. The highest BCUT2D eigenvalue weighted by Crippen LogP contribution is 2.26. The van der Waals surface area contributed by atoms with Gasteiger partial charge in [-0.3, -0.25) is 0 Å². The lowest BCUT2D eigenvalue weighted by molar-refractivity contribution is 0.933. The summed E-state index contributed by atoms with van der Waals surface area (Å²) in [7, 11) is 0. The Labute approximate surface area is 62.9 Å². The van der Waals surface area contributed by atoms with Gasteiger partial charge in [-0.2, -0.15) is 0 Å². The molecule has 1 saturated carbocycles. The van der Waals surface area contributed by atoms with Crippen LogP contribution in [0.4, 0.5) is 0 Å². The molecule has 0 heterocycles. The van der Waals surface area contributed by atoms with E-state index in [4.69, 9.17) is 0 Å². The van der Waals surface area contributed by atoms with E-state index in [1.807, 2.05) is 0 Å². The van der Waals surface area contributed by atoms with Gasteiger partial charge < -0.3 is 0 Å². The van der Waals surface area contributed by atoms with E-state index in [1.165, 1.54) is 16.7 Å². The van der Waals surface area contributed by atoms with Crippen LogP contribution in [0.1, 0.15) is 25.7 Å². The van der Waals surface area contributed by atoms with Crippen LogP contribution in [0.15, 0.2) is 36.5 Å². The summed E-state index contributed by atoms with van der Waals surface area (Å²) >= 11 is 0. The van der Waals surface area contributed by atoms with Gasteiger partial charge in [-0.05, 0) is 25.7 Å². The van der Waals surface area contributed by atoms with Gasteiger partial charge in [0.15, 0.2) is 0 Å². The normalized spacial score (nSPS) is 21.0. The summed E-state index contributed by atoms with van der Waals surface area (Å²) in [6.07, 6.45) is 4.24. The molecule has 0 aromatic heterocycles. The summed E-state index contributed by atoms with van der Waals surface area (Å²) in [5.74, 6) is 0. The Morgan fingerprint density at radius 1 is 0.700 bits per heavy atom. The molecule has 0 aromatic rings. The highest BCUT2D eigenvalue weighted by Gasteiger charge is 2.07. The Morgan fingerprint density at radius 2 is 1.10 bits per heavy atom. The van der Waals surface area contributed by atoms with E-state index in [-0.39, 0.29) is 0 Å². The fraction of sp³-hybridized carbons (Fsp3) is 0.400. The van der Waals surface area contributed by atoms with Crippen molar-refractivity contribution >= 4 is 0 Å². The molecular formula is C10H14. The molecule has 1 rings (SSSR count). The van der Waals surface area contributed by atoms with Crippen molar-refractivity contribution in [1.29, 1.82) is 0 Å². The fourth-order valence-electron chi connectivity index (χ4n) is 1.30. The average molecular weight is 134 g/mol. The van der Waals surface area contributed by atoms with Crippen LogP contribution in [0.5, 0.6) is 0 Å². The minimum Gasteiger partial charge on any atom is -0.0995 e. The SMILES string of the molecule is C=C1CCC(=C)CC(=C)C1. The number of hydrogen-bond acceptors (Lipinski definition) is 0. The lowest BCUT2D eigenvalue weighted by atomic mass is 10.1. The minimum atomic E-state index is 1.01. The molecule has 0 heteroatoms. The van der Waals surface area contributed by atoms with Gasteiger partial charge in [-0.1, -0.05) is 36.5 Å². The maximum atomic E-state index is 3.96. The molecule has 1 aliphatic carbocycles. The predicted octanol–water partition coefficient (Wildman–Crippen LogP) is 3.23. The first-order chi connectivity index (χ1) is 4.68. The van der Waals surface area contributed by atoms with Crippen molar-refractivity contribution in [2.75, 3.05) is 0 Å². The van der Waals surface area contributed by atoms with Gasteiger partial charge in [0.25, 0.3) is 0 Å². The molecule has 0 aliphatic heterocycles. The van der Waals surface area contributed by atoms with Crippen LogP contribution < -0.4 is 0 Å². The van der Waals surface area contributed by atoms with Crippen LogP contribution in [-0.2, 0) is 0 Å². The summed E-state index contributed by atoms with van der Waals surface area (Å²) in [5.41, 5.74) is 3.89. The molecule has 0 unspecified atom stereocenters. The lowest BCUT2D eigenvalue weighted by Gasteiger charge is -1.98. The van der Waals surface area contributed by atoms with Crippen LogP contribution in [-0.4, -0.2) is 0 Å². The molecule has 0 amide bonds. The smallest absolute Gasteiger partial charge is 0.0111 e. The van der Waals surface area contributed by atoms with Crippen LogP contribution in [0.25, 0.3) is 0 Å². The summed E-state index contributed by atoms with van der Waals surface area (Å²) < 4.78 is 0. The van der Waals surface area contributed by atoms with Crippen molar-refractivity contribution in [2.45, 2.75) is 25.7 Å². The summed E-state index contributed by atoms with van der Waals surface area (Å²) in [4.78, 5) is 0. The van der Waals surface area contributed by atoms with E-state index in [0.29, 0.717) is 0 Å². The lowest BCUT2D eigenvalue weighted by Crippen LogP contribution is -1.79. The van der Waals surface area contributed by atoms with E-state index in [0.717, 1.165) is 25.7 Å². The molecule has 0 aromatic carbocycles. The molecule has 0 N–H and O–H groups in total. The molecule has 1 aliphatic rings. The fourth-order valence-corrected chi connectivity index (χ4v) is 1.30. The summed E-state index contributed by atoms with van der Waals surface area (Å²) in [5, 5.41) is 0. The van der Waals surface area contributed by atoms with Gasteiger partial charge in [-0.25, -0.2) is 0 Å². The van der Waals surface area contributed by atoms with Crippen molar-refractivity contribution in [1.82, 2.24) is 0 Å². The first-order valence-corrected chi connectivity index (χ1v) is 3.68. The molecule has 10 heavy (non-hydrogen) atoms. The third-order valence-electron chi connectivity index (χ3n) is 1.83. The summed E-state index contributed by atoms with van der Waals surface area (Å²) in [6.45, 7) is 11.9. The molecule has 0 spiro atoms. The molecule has 0 saturated heterocycles. The topological polar surface area (TPSA) is 0 Å². The zero-order valence-electron chi connectivity index (χ0n) is 6.45. The van der Waals surface area contributed by atoms with E-state index in [1.54, 1.807) is 0 Å². The summed E-state index contributed by atoms with van der Waals surface area (Å²) in [6, 6.07) is 0. The molecule has 0 atom stereocenters. The zero-order chi connectivity index (χ0) is 7.56. The molecule has 54 valence electrons. The highest BCUT2D eigenvalue weighted by atomic mass is 14.1. The maximum Gasteiger partial charge on any atom is -0.0111 e. The van der Waals surface area contributed by atoms with E-state index >= 15 is 0 Å². The molecule has 0 bridgehead atoms. The average Bonchev–Trinajstić information content (AvgIpc) is 1.93. The van der Waals surface area contributed by atoms with Crippen LogP contribution in [0, 0.1) is 0 Å². The third-order valence-corrected chi connectivity index (χ3v) is 1.83. The number of allylic oxidation sites excluding steroid dienone is 3. The van der Waals surface area contributed by atoms with Crippen molar-refractivity contribution in [3.8, 4) is 0 Å². The molecular weight excluding hydrogens is 120 g/mol. The minimum absolute atomic E-state index is 1.01. The first-order valence-electron chi connectivity index (χ1n) is 3.68. The monoisotopic (exact) mass is 134 g/mol. The maximum absolute atomic E-state index is 3.96. The Hall–Kier alpha value is -0.780. The van der Waals surface area contributed by atoms with E-state index in [2.05, 4.69) is 19.7 Å².